The Balaban J connectivity index is 1.35. The molecule has 0 amide bonds. The second-order valence-electron chi connectivity index (χ2n) is 13.8. The van der Waals surface area contributed by atoms with Gasteiger partial charge in [-0.15, -0.1) is 0 Å². The van der Waals surface area contributed by atoms with Crippen LogP contribution in [-0.2, 0) is 25.1 Å². The number of fused-ring (bicyclic) bond motifs is 1. The van der Waals surface area contributed by atoms with Crippen LogP contribution < -0.4 is 10.4 Å². The van der Waals surface area contributed by atoms with Gasteiger partial charge in [0.15, 0.2) is 6.29 Å². The number of hydrogen-bond donors (Lipinski definition) is 0. The quantitative estimate of drug-likeness (QED) is 0.293. The lowest BCUT2D eigenvalue weighted by Gasteiger charge is -2.39. The molecule has 0 bridgehead atoms. The van der Waals surface area contributed by atoms with E-state index in [4.69, 9.17) is 13.9 Å². The molecule has 0 aromatic heterocycles. The van der Waals surface area contributed by atoms with Crippen molar-refractivity contribution < 1.29 is 18.7 Å². The fourth-order valence-corrected chi connectivity index (χ4v) is 10.7. The molecule has 2 aliphatic carbocycles. The van der Waals surface area contributed by atoms with Gasteiger partial charge in [0, 0.05) is 25.6 Å². The Morgan fingerprint density at radius 3 is 2.07 bits per heavy atom. The first kappa shape index (κ1) is 29.5. The molecule has 3 aromatic carbocycles. The highest BCUT2D eigenvalue weighted by Gasteiger charge is 2.65. The zero-order valence-corrected chi connectivity index (χ0v) is 26.6. The summed E-state index contributed by atoms with van der Waals surface area (Å²) >= 11 is 0. The first-order valence-corrected chi connectivity index (χ1v) is 17.5. The first-order valence-electron chi connectivity index (χ1n) is 15.9. The maximum absolute atomic E-state index is 14.1. The molecule has 4 nitrogen and oxygen atoms in total. The van der Waals surface area contributed by atoms with Crippen molar-refractivity contribution in [2.45, 2.75) is 71.7 Å². The molecule has 3 aromatic rings. The van der Waals surface area contributed by atoms with Crippen LogP contribution in [0.4, 0.5) is 0 Å². The van der Waals surface area contributed by atoms with Crippen LogP contribution in [0.1, 0.15) is 58.4 Å². The van der Waals surface area contributed by atoms with Crippen molar-refractivity contribution in [3.05, 3.63) is 96.6 Å². The summed E-state index contributed by atoms with van der Waals surface area (Å²) in [7, 11) is -1.99. The largest absolute Gasteiger partial charge is 0.410 e. The number of carbonyl (C=O) groups excluding carboxylic acids is 1. The molecule has 222 valence electrons. The van der Waals surface area contributed by atoms with Crippen LogP contribution in [-0.4, -0.2) is 40.4 Å². The monoisotopic (exact) mass is 582 g/mol. The van der Waals surface area contributed by atoms with Gasteiger partial charge in [-0.3, -0.25) is 4.79 Å². The Hall–Kier alpha value is -2.57. The zero-order valence-electron chi connectivity index (χ0n) is 25.4. The van der Waals surface area contributed by atoms with Gasteiger partial charge in [0.1, 0.15) is 5.78 Å². The topological polar surface area (TPSA) is 44.8 Å². The summed E-state index contributed by atoms with van der Waals surface area (Å²) in [4.78, 5) is 14.1. The molecule has 0 radical (unpaired) electrons. The molecular weight excluding hydrogens is 536 g/mol. The number of ether oxygens (including phenoxy) is 2. The van der Waals surface area contributed by atoms with Gasteiger partial charge < -0.3 is 13.9 Å². The van der Waals surface area contributed by atoms with Crippen LogP contribution in [0.5, 0.6) is 0 Å². The zero-order chi connectivity index (χ0) is 29.2. The highest BCUT2D eigenvalue weighted by atomic mass is 28.3. The maximum Gasteiger partial charge on any atom is 0.239 e. The van der Waals surface area contributed by atoms with Gasteiger partial charge in [-0.25, -0.2) is 0 Å². The van der Waals surface area contributed by atoms with Crippen molar-refractivity contribution in [2.24, 2.45) is 28.6 Å². The van der Waals surface area contributed by atoms with E-state index >= 15 is 0 Å². The summed E-state index contributed by atoms with van der Waals surface area (Å²) in [6, 6.07) is 32.0. The van der Waals surface area contributed by atoms with Crippen molar-refractivity contribution in [1.82, 2.24) is 0 Å². The van der Waals surface area contributed by atoms with E-state index in [1.807, 2.05) is 0 Å². The summed E-state index contributed by atoms with van der Waals surface area (Å²) < 4.78 is 20.0. The first-order chi connectivity index (χ1) is 20.3. The molecule has 2 unspecified atom stereocenters. The van der Waals surface area contributed by atoms with Gasteiger partial charge >= 0.3 is 0 Å². The fraction of sp³-hybridized carbons (Fsp3) is 0.486. The van der Waals surface area contributed by atoms with Crippen molar-refractivity contribution in [3.8, 4) is 0 Å². The van der Waals surface area contributed by atoms with Crippen molar-refractivity contribution in [1.29, 1.82) is 0 Å². The van der Waals surface area contributed by atoms with Crippen molar-refractivity contribution in [3.63, 3.8) is 0 Å². The third-order valence-electron chi connectivity index (χ3n) is 10.1. The minimum absolute atomic E-state index is 0.00380. The summed E-state index contributed by atoms with van der Waals surface area (Å²) in [5.74, 6) is 0.736. The van der Waals surface area contributed by atoms with E-state index in [0.29, 0.717) is 18.8 Å². The van der Waals surface area contributed by atoms with Crippen LogP contribution in [0.3, 0.4) is 0 Å². The molecule has 3 aliphatic rings. The van der Waals surface area contributed by atoms with Crippen LogP contribution in [0.2, 0.25) is 0 Å². The van der Waals surface area contributed by atoms with E-state index < -0.39 is 9.04 Å². The Morgan fingerprint density at radius 2 is 1.50 bits per heavy atom. The number of carbonyl (C=O) groups is 1. The number of ketones is 1. The molecular formula is C37H46O4Si. The minimum Gasteiger partial charge on any atom is -0.410 e. The third kappa shape index (κ3) is 6.07. The van der Waals surface area contributed by atoms with Crippen LogP contribution in [0, 0.1) is 28.6 Å². The van der Waals surface area contributed by atoms with Gasteiger partial charge in [-0.05, 0) is 70.7 Å². The lowest BCUT2D eigenvalue weighted by atomic mass is 9.65. The van der Waals surface area contributed by atoms with E-state index in [1.165, 1.54) is 15.9 Å². The highest BCUT2D eigenvalue weighted by Crippen LogP contribution is 2.64. The number of rotatable bonds is 9. The van der Waals surface area contributed by atoms with E-state index in [-0.39, 0.29) is 41.0 Å². The lowest BCUT2D eigenvalue weighted by Crippen LogP contribution is -2.47. The van der Waals surface area contributed by atoms with Crippen molar-refractivity contribution in [2.75, 3.05) is 13.2 Å². The molecule has 1 heterocycles. The van der Waals surface area contributed by atoms with Gasteiger partial charge in [0.2, 0.25) is 9.04 Å². The summed E-state index contributed by atoms with van der Waals surface area (Å²) in [6.45, 7) is 8.23. The molecule has 3 fully saturated rings. The normalized spacial score (nSPS) is 29.6. The van der Waals surface area contributed by atoms with E-state index in [1.54, 1.807) is 0 Å². The average Bonchev–Trinajstić information content (AvgIpc) is 3.43. The smallest absolute Gasteiger partial charge is 0.239 e. The van der Waals surface area contributed by atoms with E-state index in [9.17, 15) is 4.79 Å². The summed E-state index contributed by atoms with van der Waals surface area (Å²) in [5, 5.41) is 2.50. The Bertz CT molecular complexity index is 1260. The summed E-state index contributed by atoms with van der Waals surface area (Å²) in [6.07, 6.45) is 5.49. The predicted octanol–water partition coefficient (Wildman–Crippen LogP) is 5.95. The van der Waals surface area contributed by atoms with Gasteiger partial charge in [0.05, 0.1) is 6.10 Å². The Kier molecular flexibility index (Phi) is 8.83. The van der Waals surface area contributed by atoms with Gasteiger partial charge in [-0.1, -0.05) is 112 Å². The maximum atomic E-state index is 14.1. The average molecular weight is 583 g/mol. The van der Waals surface area contributed by atoms with Crippen LogP contribution >= 0.6 is 0 Å². The molecule has 1 saturated heterocycles. The van der Waals surface area contributed by atoms with Crippen molar-refractivity contribution >= 4 is 25.2 Å². The molecule has 5 heteroatoms. The SMILES string of the molecule is CC(C)(C)[C@@H]1[C@H]2CC(=O)C(CO[SiH](c3ccccc3)c3ccccc3)[C@]2(Cc2ccccc2)C[C@H]1OC1CCCCO1. The number of hydrogen-bond acceptors (Lipinski definition) is 4. The second-order valence-corrected chi connectivity index (χ2v) is 16.3. The standard InChI is InChI=1S/C37H46O4Si/c1-36(2,3)35-30-23-32(38)31(26-40-42(28-17-9-5-10-18-28)29-19-11-6-12-20-29)37(30,24-27-15-7-4-8-16-27)25-33(35)41-34-21-13-14-22-39-34/h4-12,15-20,30-31,33-35,42H,13-14,21-26H2,1-3H3/t30-,31?,33-,34?,35-,37-/m1/s1. The lowest BCUT2D eigenvalue weighted by molar-refractivity contribution is -0.203. The van der Waals surface area contributed by atoms with Crippen LogP contribution in [0.15, 0.2) is 91.0 Å². The van der Waals surface area contributed by atoms with Gasteiger partial charge in [-0.2, -0.15) is 0 Å². The Morgan fingerprint density at radius 1 is 0.881 bits per heavy atom. The van der Waals surface area contributed by atoms with E-state index in [0.717, 1.165) is 38.7 Å². The Labute approximate surface area is 253 Å². The minimum atomic E-state index is -1.99. The van der Waals surface area contributed by atoms with E-state index in [2.05, 4.69) is 112 Å². The third-order valence-corrected chi connectivity index (χ3v) is 12.6. The molecule has 6 atom stereocenters. The molecule has 42 heavy (non-hydrogen) atoms. The van der Waals surface area contributed by atoms with Gasteiger partial charge in [0.25, 0.3) is 0 Å². The highest BCUT2D eigenvalue weighted by molar-refractivity contribution is 6.80. The predicted molar refractivity (Wildman–Crippen MR) is 170 cm³/mol. The fourth-order valence-electron chi connectivity index (χ4n) is 8.38. The van der Waals surface area contributed by atoms with Crippen LogP contribution in [0.25, 0.3) is 0 Å². The molecule has 1 aliphatic heterocycles. The number of Topliss-reactive ketones (excluding diaryl/α,β-unsaturated/α-hetero) is 1. The molecule has 0 spiro atoms. The number of benzene rings is 3. The molecule has 2 saturated carbocycles. The summed E-state index contributed by atoms with van der Waals surface area (Å²) in [5.41, 5.74) is 1.09. The molecule has 0 N–H and O–H groups in total. The molecule has 6 rings (SSSR count). The second kappa shape index (κ2) is 12.6.